The normalized spacial score (nSPS) is 19.4. The van der Waals surface area contributed by atoms with Gasteiger partial charge >= 0.3 is 7.12 Å². The van der Waals surface area contributed by atoms with Crippen molar-refractivity contribution in [2.45, 2.75) is 38.9 Å². The summed E-state index contributed by atoms with van der Waals surface area (Å²) in [6.45, 7) is 7.63. The zero-order valence-corrected chi connectivity index (χ0v) is 12.9. The van der Waals surface area contributed by atoms with E-state index in [-0.39, 0.29) is 11.6 Å². The lowest BCUT2D eigenvalue weighted by Crippen LogP contribution is -2.43. The zero-order chi connectivity index (χ0) is 15.8. The predicted octanol–water partition coefficient (Wildman–Crippen LogP) is 0.553. The largest absolute Gasteiger partial charge is 0.498 e. The number of nitrogens with zero attached hydrogens (tertiary/aromatic N) is 1. The Morgan fingerprint density at radius 3 is 2.33 bits per heavy atom. The van der Waals surface area contributed by atoms with E-state index in [0.29, 0.717) is 17.3 Å². The molecular weight excluding hydrogens is 271 g/mol. The molecule has 1 aliphatic rings. The second-order valence-corrected chi connectivity index (χ2v) is 5.95. The Bertz CT molecular complexity index is 570. The van der Waals surface area contributed by atoms with Crippen molar-refractivity contribution in [3.05, 3.63) is 23.5 Å². The zero-order valence-electron chi connectivity index (χ0n) is 12.9. The third-order valence-corrected chi connectivity index (χ3v) is 4.08. The fourth-order valence-corrected chi connectivity index (χ4v) is 2.10. The molecule has 1 amide bonds. The summed E-state index contributed by atoms with van der Waals surface area (Å²) in [7, 11) is 0.696. The lowest BCUT2D eigenvalue weighted by Gasteiger charge is -2.32. The molecule has 1 aliphatic heterocycles. The van der Waals surface area contributed by atoms with Crippen LogP contribution in [0.2, 0.25) is 0 Å². The monoisotopic (exact) mass is 290 g/mol. The third kappa shape index (κ3) is 2.58. The second-order valence-electron chi connectivity index (χ2n) is 5.95. The Kier molecular flexibility index (Phi) is 3.90. The number of carbonyl (C=O) groups excluding carboxylic acids is 2. The van der Waals surface area contributed by atoms with Gasteiger partial charge in [0.25, 0.3) is 5.91 Å². The fraction of sp³-hybridized carbons (Fsp3) is 0.500. The van der Waals surface area contributed by atoms with Gasteiger partial charge in [-0.1, -0.05) is 0 Å². The highest BCUT2D eigenvalue weighted by Gasteiger charge is 2.53. The molecule has 0 spiro atoms. The van der Waals surface area contributed by atoms with Gasteiger partial charge in [0.1, 0.15) is 12.0 Å². The van der Waals surface area contributed by atoms with E-state index in [0.717, 1.165) is 0 Å². The highest BCUT2D eigenvalue weighted by atomic mass is 16.7. The molecule has 0 radical (unpaired) electrons. The number of aldehydes is 1. The number of hydrogen-bond donors (Lipinski definition) is 1. The van der Waals surface area contributed by atoms with Gasteiger partial charge in [-0.15, -0.1) is 0 Å². The minimum atomic E-state index is -0.809. The van der Waals surface area contributed by atoms with E-state index in [1.165, 1.54) is 13.2 Å². The van der Waals surface area contributed by atoms with Crippen LogP contribution >= 0.6 is 0 Å². The van der Waals surface area contributed by atoms with Gasteiger partial charge in [0.15, 0.2) is 0 Å². The first-order valence-electron chi connectivity index (χ1n) is 6.75. The molecule has 1 N–H and O–H groups in total. The minimum absolute atomic E-state index is 0.139. The van der Waals surface area contributed by atoms with Crippen LogP contribution in [-0.4, -0.2) is 42.5 Å². The van der Waals surface area contributed by atoms with Crippen LogP contribution in [0.5, 0.6) is 0 Å². The Balaban J connectivity index is 2.54. The quantitative estimate of drug-likeness (QED) is 0.650. The lowest BCUT2D eigenvalue weighted by molar-refractivity contribution is 0.00578. The Labute approximate surface area is 124 Å². The maximum absolute atomic E-state index is 12.0. The first-order valence-corrected chi connectivity index (χ1v) is 6.75. The highest BCUT2D eigenvalue weighted by molar-refractivity contribution is 6.65. The van der Waals surface area contributed by atoms with Crippen LogP contribution in [0.15, 0.2) is 12.3 Å². The number of hydrogen-bond acceptors (Lipinski definition) is 5. The number of aromatic nitrogens is 1. The first kappa shape index (κ1) is 15.7. The molecule has 1 fully saturated rings. The summed E-state index contributed by atoms with van der Waals surface area (Å²) in [4.78, 5) is 27.3. The van der Waals surface area contributed by atoms with Crippen LogP contribution < -0.4 is 10.8 Å². The standard InChI is InChI=1S/C14H19BN2O4/c1-13(2)14(3,4)21-15(20-13)10-9(8-18)6-7-17-11(10)12(19)16-5/h6-8H,1-5H3,(H,16,19). The molecule has 7 heteroatoms. The molecule has 21 heavy (non-hydrogen) atoms. The van der Waals surface area contributed by atoms with Gasteiger partial charge in [-0.2, -0.15) is 0 Å². The molecule has 0 aromatic carbocycles. The van der Waals surface area contributed by atoms with Gasteiger partial charge in [-0.3, -0.25) is 14.6 Å². The van der Waals surface area contributed by atoms with Gasteiger partial charge < -0.3 is 14.6 Å². The van der Waals surface area contributed by atoms with Crippen molar-refractivity contribution in [1.29, 1.82) is 0 Å². The van der Waals surface area contributed by atoms with Crippen LogP contribution in [0.25, 0.3) is 0 Å². The highest BCUT2D eigenvalue weighted by Crippen LogP contribution is 2.36. The van der Waals surface area contributed by atoms with Crippen molar-refractivity contribution in [2.75, 3.05) is 7.05 Å². The average Bonchev–Trinajstić information content (AvgIpc) is 2.65. The molecule has 1 aromatic heterocycles. The summed E-state index contributed by atoms with van der Waals surface area (Å²) in [5.41, 5.74) is -0.283. The first-order chi connectivity index (χ1) is 9.73. The number of amides is 1. The van der Waals surface area contributed by atoms with E-state index in [2.05, 4.69) is 10.3 Å². The fourth-order valence-electron chi connectivity index (χ4n) is 2.10. The van der Waals surface area contributed by atoms with E-state index in [9.17, 15) is 9.59 Å². The van der Waals surface area contributed by atoms with Gasteiger partial charge in [0.2, 0.25) is 0 Å². The van der Waals surface area contributed by atoms with Crippen molar-refractivity contribution in [3.63, 3.8) is 0 Å². The number of carbonyl (C=O) groups is 2. The van der Waals surface area contributed by atoms with Gasteiger partial charge in [-0.05, 0) is 33.8 Å². The Morgan fingerprint density at radius 2 is 1.86 bits per heavy atom. The molecule has 112 valence electrons. The van der Waals surface area contributed by atoms with E-state index >= 15 is 0 Å². The molecule has 6 nitrogen and oxygen atoms in total. The summed E-state index contributed by atoms with van der Waals surface area (Å²) in [6, 6.07) is 1.54. The minimum Gasteiger partial charge on any atom is -0.399 e. The van der Waals surface area contributed by atoms with Crippen molar-refractivity contribution in [1.82, 2.24) is 10.3 Å². The van der Waals surface area contributed by atoms with Gasteiger partial charge in [0.05, 0.1) is 11.2 Å². The van der Waals surface area contributed by atoms with Crippen LogP contribution in [0.3, 0.4) is 0 Å². The van der Waals surface area contributed by atoms with Crippen molar-refractivity contribution in [2.24, 2.45) is 0 Å². The lowest BCUT2D eigenvalue weighted by atomic mass is 9.74. The van der Waals surface area contributed by atoms with Crippen LogP contribution in [-0.2, 0) is 9.31 Å². The van der Waals surface area contributed by atoms with Gasteiger partial charge in [0, 0.05) is 24.3 Å². The molecule has 0 atom stereocenters. The number of pyridine rings is 1. The summed E-state index contributed by atoms with van der Waals surface area (Å²) in [6.07, 6.45) is 2.09. The van der Waals surface area contributed by atoms with Crippen molar-refractivity contribution >= 4 is 24.8 Å². The average molecular weight is 290 g/mol. The number of rotatable bonds is 3. The maximum Gasteiger partial charge on any atom is 0.498 e. The molecule has 1 aromatic rings. The predicted molar refractivity (Wildman–Crippen MR) is 78.7 cm³/mol. The van der Waals surface area contributed by atoms with Crippen LogP contribution in [0.1, 0.15) is 48.5 Å². The van der Waals surface area contributed by atoms with E-state index in [1.807, 2.05) is 27.7 Å². The molecule has 2 heterocycles. The number of nitrogens with one attached hydrogen (secondary N) is 1. The van der Waals surface area contributed by atoms with Crippen molar-refractivity contribution in [3.8, 4) is 0 Å². The molecular formula is C14H19BN2O4. The molecule has 2 rings (SSSR count). The van der Waals surface area contributed by atoms with Crippen LogP contribution in [0.4, 0.5) is 0 Å². The molecule has 0 saturated carbocycles. The third-order valence-electron chi connectivity index (χ3n) is 4.08. The molecule has 1 saturated heterocycles. The van der Waals surface area contributed by atoms with E-state index in [4.69, 9.17) is 9.31 Å². The van der Waals surface area contributed by atoms with E-state index in [1.54, 1.807) is 6.07 Å². The SMILES string of the molecule is CNC(=O)c1nccc(C=O)c1B1OC(C)(C)C(C)(C)O1. The molecule has 0 bridgehead atoms. The van der Waals surface area contributed by atoms with Crippen molar-refractivity contribution < 1.29 is 18.9 Å². The summed E-state index contributed by atoms with van der Waals surface area (Å²) >= 11 is 0. The Hall–Kier alpha value is -1.73. The Morgan fingerprint density at radius 1 is 1.29 bits per heavy atom. The van der Waals surface area contributed by atoms with Crippen LogP contribution in [0, 0.1) is 0 Å². The second kappa shape index (κ2) is 5.24. The summed E-state index contributed by atoms with van der Waals surface area (Å²) in [5.74, 6) is -0.386. The topological polar surface area (TPSA) is 77.5 Å². The maximum atomic E-state index is 12.0. The van der Waals surface area contributed by atoms with Gasteiger partial charge in [-0.25, -0.2) is 0 Å². The smallest absolute Gasteiger partial charge is 0.399 e. The molecule has 0 unspecified atom stereocenters. The summed E-state index contributed by atoms with van der Waals surface area (Å²) < 4.78 is 11.9. The summed E-state index contributed by atoms with van der Waals surface area (Å²) in [5, 5.41) is 2.51. The molecule has 0 aliphatic carbocycles. The van der Waals surface area contributed by atoms with E-state index < -0.39 is 18.3 Å².